The summed E-state index contributed by atoms with van der Waals surface area (Å²) in [6.45, 7) is 4.21. The molecule has 5 nitrogen and oxygen atoms in total. The first-order valence-corrected chi connectivity index (χ1v) is 9.47. The summed E-state index contributed by atoms with van der Waals surface area (Å²) in [6, 6.07) is 4.71. The second kappa shape index (κ2) is 8.91. The summed E-state index contributed by atoms with van der Waals surface area (Å²) >= 11 is 1.25. The molecule has 0 aliphatic carbocycles. The fraction of sp³-hybridized carbons (Fsp3) is 0.316. The average molecular weight is 427 g/mol. The van der Waals surface area contributed by atoms with Crippen LogP contribution in [0.4, 0.5) is 17.6 Å². The number of hydrogen-bond acceptors (Lipinski definition) is 5. The van der Waals surface area contributed by atoms with Crippen molar-refractivity contribution >= 4 is 17.7 Å². The summed E-state index contributed by atoms with van der Waals surface area (Å²) in [7, 11) is 0. The van der Waals surface area contributed by atoms with E-state index in [9.17, 15) is 22.4 Å². The highest BCUT2D eigenvalue weighted by Crippen LogP contribution is 2.31. The van der Waals surface area contributed by atoms with Gasteiger partial charge >= 0.3 is 6.18 Å². The lowest BCUT2D eigenvalue weighted by Gasteiger charge is -2.18. The van der Waals surface area contributed by atoms with E-state index in [-0.39, 0.29) is 17.8 Å². The van der Waals surface area contributed by atoms with Crippen LogP contribution in [0.25, 0.3) is 0 Å². The van der Waals surface area contributed by atoms with Crippen LogP contribution in [-0.2, 0) is 22.3 Å². The van der Waals surface area contributed by atoms with Crippen LogP contribution in [0.5, 0.6) is 0 Å². The van der Waals surface area contributed by atoms with Crippen LogP contribution in [0, 0.1) is 5.82 Å². The van der Waals surface area contributed by atoms with Crippen molar-refractivity contribution in [3.05, 3.63) is 66.3 Å². The number of carbonyl (C=O) groups is 1. The van der Waals surface area contributed by atoms with Gasteiger partial charge in [-0.25, -0.2) is 14.4 Å². The van der Waals surface area contributed by atoms with Gasteiger partial charge in [0.1, 0.15) is 0 Å². The summed E-state index contributed by atoms with van der Waals surface area (Å²) in [5.41, 5.74) is -0.153. The van der Waals surface area contributed by atoms with Crippen molar-refractivity contribution in [2.45, 2.75) is 29.3 Å². The maximum atomic E-state index is 13.0. The van der Waals surface area contributed by atoms with E-state index in [0.29, 0.717) is 23.8 Å². The number of likely N-dealkylation sites (tertiary alicyclic amines) is 1. The molecule has 0 spiro atoms. The fourth-order valence-corrected chi connectivity index (χ4v) is 3.89. The first kappa shape index (κ1) is 21.3. The van der Waals surface area contributed by atoms with Gasteiger partial charge < -0.3 is 9.64 Å². The van der Waals surface area contributed by atoms with Crippen LogP contribution in [-0.4, -0.2) is 45.2 Å². The van der Waals surface area contributed by atoms with E-state index in [1.54, 1.807) is 4.90 Å². The lowest BCUT2D eigenvalue weighted by Crippen LogP contribution is -2.28. The van der Waals surface area contributed by atoms with E-state index in [0.717, 1.165) is 24.5 Å². The van der Waals surface area contributed by atoms with E-state index in [1.165, 1.54) is 30.0 Å². The molecule has 2 atom stereocenters. The number of benzene rings is 1. The van der Waals surface area contributed by atoms with Gasteiger partial charge in [0.05, 0.1) is 35.9 Å². The SMILES string of the molecule is C=CC(=O)N1CC(OCc2ccc(C(F)(F)F)cc2)[C@H](Sc2ncc(F)cn2)C1. The number of amides is 1. The van der Waals surface area contributed by atoms with Crippen molar-refractivity contribution < 1.29 is 27.1 Å². The number of halogens is 4. The molecule has 0 radical (unpaired) electrons. The van der Waals surface area contributed by atoms with Gasteiger partial charge in [-0.3, -0.25) is 4.79 Å². The number of alkyl halides is 3. The predicted octanol–water partition coefficient (Wildman–Crippen LogP) is 3.71. The first-order chi connectivity index (χ1) is 13.8. The minimum absolute atomic E-state index is 0.0836. The van der Waals surface area contributed by atoms with E-state index < -0.39 is 23.7 Å². The third-order valence-corrected chi connectivity index (χ3v) is 5.48. The molecule has 29 heavy (non-hydrogen) atoms. The Kier molecular flexibility index (Phi) is 6.53. The minimum Gasteiger partial charge on any atom is -0.370 e. The Labute approximate surface area is 168 Å². The summed E-state index contributed by atoms with van der Waals surface area (Å²) in [4.78, 5) is 21.3. The molecule has 1 aliphatic heterocycles. The zero-order valence-electron chi connectivity index (χ0n) is 15.1. The molecule has 0 saturated carbocycles. The third kappa shape index (κ3) is 5.54. The van der Waals surface area contributed by atoms with Crippen LogP contribution in [0.1, 0.15) is 11.1 Å². The molecule has 1 saturated heterocycles. The molecule has 3 rings (SSSR count). The second-order valence-electron chi connectivity index (χ2n) is 6.33. The van der Waals surface area contributed by atoms with Crippen molar-refractivity contribution in [3.8, 4) is 0 Å². The average Bonchev–Trinajstić information content (AvgIpc) is 3.10. The van der Waals surface area contributed by atoms with Crippen LogP contribution >= 0.6 is 11.8 Å². The Bertz CT molecular complexity index is 859. The van der Waals surface area contributed by atoms with E-state index >= 15 is 0 Å². The van der Waals surface area contributed by atoms with Gasteiger partial charge in [-0.1, -0.05) is 30.5 Å². The number of thioether (sulfide) groups is 1. The number of carbonyl (C=O) groups excluding carboxylic acids is 1. The molecular weight excluding hydrogens is 410 g/mol. The number of aromatic nitrogens is 2. The number of hydrogen-bond donors (Lipinski definition) is 0. The molecule has 1 fully saturated rings. The molecule has 2 aromatic rings. The Morgan fingerprint density at radius 1 is 1.24 bits per heavy atom. The lowest BCUT2D eigenvalue weighted by molar-refractivity contribution is -0.137. The zero-order valence-corrected chi connectivity index (χ0v) is 15.9. The summed E-state index contributed by atoms with van der Waals surface area (Å²) in [5.74, 6) is -0.810. The van der Waals surface area contributed by atoms with Gasteiger partial charge in [-0.2, -0.15) is 13.2 Å². The quantitative estimate of drug-likeness (QED) is 0.400. The zero-order chi connectivity index (χ0) is 21.0. The van der Waals surface area contributed by atoms with Gasteiger partial charge in [-0.15, -0.1) is 0 Å². The molecule has 1 aliphatic rings. The lowest BCUT2D eigenvalue weighted by atomic mass is 10.1. The molecule has 0 N–H and O–H groups in total. The predicted molar refractivity (Wildman–Crippen MR) is 98.4 cm³/mol. The fourth-order valence-electron chi connectivity index (χ4n) is 2.82. The van der Waals surface area contributed by atoms with Crippen molar-refractivity contribution in [1.82, 2.24) is 14.9 Å². The normalized spacial score (nSPS) is 19.4. The van der Waals surface area contributed by atoms with E-state index in [2.05, 4.69) is 16.5 Å². The van der Waals surface area contributed by atoms with Gasteiger partial charge in [0.25, 0.3) is 0 Å². The Balaban J connectivity index is 1.67. The molecule has 154 valence electrons. The summed E-state index contributed by atoms with van der Waals surface area (Å²) < 4.78 is 56.9. The molecule has 1 aromatic heterocycles. The smallest absolute Gasteiger partial charge is 0.370 e. The minimum atomic E-state index is -4.40. The highest BCUT2D eigenvalue weighted by atomic mass is 32.2. The summed E-state index contributed by atoms with van der Waals surface area (Å²) in [6.07, 6.45) is -1.49. The van der Waals surface area contributed by atoms with Gasteiger partial charge in [0, 0.05) is 13.1 Å². The van der Waals surface area contributed by atoms with Crippen molar-refractivity contribution in [1.29, 1.82) is 0 Å². The van der Waals surface area contributed by atoms with Crippen LogP contribution < -0.4 is 0 Å². The van der Waals surface area contributed by atoms with E-state index in [4.69, 9.17) is 4.74 Å². The van der Waals surface area contributed by atoms with Crippen molar-refractivity contribution in [3.63, 3.8) is 0 Å². The highest BCUT2D eigenvalue weighted by Gasteiger charge is 2.36. The number of nitrogens with zero attached hydrogens (tertiary/aromatic N) is 3. The Morgan fingerprint density at radius 3 is 2.48 bits per heavy atom. The number of ether oxygens (including phenoxy) is 1. The van der Waals surface area contributed by atoms with Crippen LogP contribution in [0.3, 0.4) is 0 Å². The third-order valence-electron chi connectivity index (χ3n) is 4.30. The molecule has 1 aromatic carbocycles. The molecule has 0 bridgehead atoms. The number of rotatable bonds is 6. The maximum absolute atomic E-state index is 13.0. The molecule has 10 heteroatoms. The van der Waals surface area contributed by atoms with Crippen LogP contribution in [0.15, 0.2) is 54.5 Å². The van der Waals surface area contributed by atoms with Crippen LogP contribution in [0.2, 0.25) is 0 Å². The van der Waals surface area contributed by atoms with Gasteiger partial charge in [0.15, 0.2) is 11.0 Å². The van der Waals surface area contributed by atoms with Crippen molar-refractivity contribution in [2.75, 3.05) is 13.1 Å². The second-order valence-corrected chi connectivity index (χ2v) is 7.54. The molecule has 2 heterocycles. The topological polar surface area (TPSA) is 55.3 Å². The largest absolute Gasteiger partial charge is 0.416 e. The first-order valence-electron chi connectivity index (χ1n) is 8.59. The van der Waals surface area contributed by atoms with E-state index in [1.807, 2.05) is 0 Å². The molecule has 1 unspecified atom stereocenters. The highest BCUT2D eigenvalue weighted by molar-refractivity contribution is 7.99. The monoisotopic (exact) mass is 427 g/mol. The molecule has 1 amide bonds. The Morgan fingerprint density at radius 2 is 1.90 bits per heavy atom. The standard InChI is InChI=1S/C19H17F4N3O2S/c1-2-17(27)26-9-15(16(10-26)29-18-24-7-14(20)8-25-18)28-11-12-3-5-13(6-4-12)19(21,22)23/h2-8,15-16H,1,9-11H2/t15?,16-/m1/s1. The van der Waals surface area contributed by atoms with Crippen molar-refractivity contribution in [2.24, 2.45) is 0 Å². The van der Waals surface area contributed by atoms with Gasteiger partial charge in [-0.05, 0) is 23.8 Å². The van der Waals surface area contributed by atoms with Gasteiger partial charge in [0.2, 0.25) is 5.91 Å². The summed E-state index contributed by atoms with van der Waals surface area (Å²) in [5, 5.41) is 0.117. The molecular formula is C19H17F4N3O2S. The Hall–Kier alpha value is -2.46. The maximum Gasteiger partial charge on any atom is 0.416 e.